The number of benzene rings is 1. The number of carbonyl (C=O) groups excluding carboxylic acids is 2. The molecule has 0 aliphatic heterocycles. The van der Waals surface area contributed by atoms with Gasteiger partial charge < -0.3 is 20.1 Å². The van der Waals surface area contributed by atoms with Crippen molar-refractivity contribution in [3.05, 3.63) is 53.7 Å². The van der Waals surface area contributed by atoms with Crippen LogP contribution >= 0.6 is 0 Å². The first-order valence-electron chi connectivity index (χ1n) is 8.13. The van der Waals surface area contributed by atoms with E-state index in [-0.39, 0.29) is 28.6 Å². The van der Waals surface area contributed by atoms with E-state index in [2.05, 4.69) is 20.4 Å². The van der Waals surface area contributed by atoms with E-state index in [4.69, 9.17) is 4.74 Å². The van der Waals surface area contributed by atoms with Crippen molar-refractivity contribution in [1.82, 2.24) is 10.3 Å². The molecule has 0 saturated heterocycles. The number of methoxy groups -OCH3 is 1. The van der Waals surface area contributed by atoms with Gasteiger partial charge in [-0.05, 0) is 18.2 Å². The lowest BCUT2D eigenvalue weighted by atomic mass is 10.1. The Morgan fingerprint density at radius 1 is 1.11 bits per heavy atom. The number of anilines is 1. The Morgan fingerprint density at radius 3 is 2.50 bits per heavy atom. The predicted molar refractivity (Wildman–Crippen MR) is 94.4 cm³/mol. The number of pyridine rings is 1. The molecule has 0 bridgehead atoms. The fraction of sp³-hybridized carbons (Fsp3) is 0.278. The molecule has 10 heteroatoms. The minimum Gasteiger partial charge on any atom is -0.468 e. The van der Waals surface area contributed by atoms with Gasteiger partial charge in [0, 0.05) is 25.9 Å². The highest BCUT2D eigenvalue weighted by Gasteiger charge is 2.28. The lowest BCUT2D eigenvalue weighted by molar-refractivity contribution is -0.154. The molecule has 2 rings (SSSR count). The summed E-state index contributed by atoms with van der Waals surface area (Å²) in [6, 6.07) is 8.82. The van der Waals surface area contributed by atoms with Crippen LogP contribution in [0.4, 0.5) is 18.9 Å². The van der Waals surface area contributed by atoms with E-state index in [1.54, 1.807) is 24.3 Å². The normalized spacial score (nSPS) is 11.0. The van der Waals surface area contributed by atoms with E-state index in [1.807, 2.05) is 0 Å². The molecule has 150 valence electrons. The number of nitrogens with one attached hydrogen (secondary N) is 2. The van der Waals surface area contributed by atoms with Crippen molar-refractivity contribution >= 4 is 17.5 Å². The third kappa shape index (κ3) is 6.54. The molecule has 1 aromatic heterocycles. The molecule has 0 unspecified atom stereocenters. The molecule has 1 heterocycles. The summed E-state index contributed by atoms with van der Waals surface area (Å²) in [5, 5.41) is 5.23. The minimum absolute atomic E-state index is 0.0916. The zero-order chi connectivity index (χ0) is 20.6. The summed E-state index contributed by atoms with van der Waals surface area (Å²) >= 11 is 0. The third-order valence-corrected chi connectivity index (χ3v) is 3.39. The van der Waals surface area contributed by atoms with Crippen molar-refractivity contribution in [2.45, 2.75) is 6.18 Å². The van der Waals surface area contributed by atoms with E-state index in [9.17, 15) is 22.8 Å². The Labute approximate surface area is 158 Å². The van der Waals surface area contributed by atoms with Gasteiger partial charge in [0.15, 0.2) is 6.61 Å². The summed E-state index contributed by atoms with van der Waals surface area (Å²) < 4.78 is 45.8. The van der Waals surface area contributed by atoms with Gasteiger partial charge in [0.1, 0.15) is 0 Å². The third-order valence-electron chi connectivity index (χ3n) is 3.39. The first kappa shape index (κ1) is 21.2. The molecule has 0 saturated carbocycles. The van der Waals surface area contributed by atoms with Crippen LogP contribution in [0.3, 0.4) is 0 Å². The zero-order valence-corrected chi connectivity index (χ0v) is 14.9. The second-order valence-electron chi connectivity index (χ2n) is 5.54. The molecule has 2 N–H and O–H groups in total. The van der Waals surface area contributed by atoms with Gasteiger partial charge in [-0.3, -0.25) is 9.59 Å². The molecule has 2 amide bonds. The Morgan fingerprint density at radius 2 is 1.86 bits per heavy atom. The SMILES string of the molecule is COCCNC(=O)c1ccccc1NC(=O)c1ccc(OCC(F)(F)F)nc1. The first-order chi connectivity index (χ1) is 13.3. The Balaban J connectivity index is 2.04. The summed E-state index contributed by atoms with van der Waals surface area (Å²) in [5.41, 5.74) is 0.624. The van der Waals surface area contributed by atoms with E-state index in [0.29, 0.717) is 13.2 Å². The second-order valence-corrected chi connectivity index (χ2v) is 5.54. The number of aromatic nitrogens is 1. The highest BCUT2D eigenvalue weighted by molar-refractivity contribution is 6.08. The highest BCUT2D eigenvalue weighted by atomic mass is 19.4. The summed E-state index contributed by atoms with van der Waals surface area (Å²) in [6.07, 6.45) is -3.40. The standard InChI is InChI=1S/C18H18F3N3O4/c1-27-9-8-22-17(26)13-4-2-3-5-14(13)24-16(25)12-6-7-15(23-10-12)28-11-18(19,20)21/h2-7,10H,8-9,11H2,1H3,(H,22,26)(H,24,25). The summed E-state index contributed by atoms with van der Waals surface area (Å²) in [4.78, 5) is 28.2. The quantitative estimate of drug-likeness (QED) is 0.669. The molecule has 1 aromatic carbocycles. The molecule has 0 radical (unpaired) electrons. The van der Waals surface area contributed by atoms with Crippen LogP contribution in [0, 0.1) is 0 Å². The van der Waals surface area contributed by atoms with E-state index in [0.717, 1.165) is 12.3 Å². The van der Waals surface area contributed by atoms with Crippen molar-refractivity contribution in [1.29, 1.82) is 0 Å². The number of carbonyl (C=O) groups is 2. The Hall–Kier alpha value is -3.14. The van der Waals surface area contributed by atoms with Crippen LogP contribution < -0.4 is 15.4 Å². The van der Waals surface area contributed by atoms with Gasteiger partial charge >= 0.3 is 6.18 Å². The molecule has 0 aliphatic carbocycles. The van der Waals surface area contributed by atoms with Crippen LogP contribution in [0.15, 0.2) is 42.6 Å². The number of para-hydroxylation sites is 1. The van der Waals surface area contributed by atoms with Crippen LogP contribution in [-0.4, -0.2) is 49.8 Å². The molecule has 0 atom stereocenters. The molecule has 2 aromatic rings. The average molecular weight is 397 g/mol. The Kier molecular flexibility index (Phi) is 7.33. The van der Waals surface area contributed by atoms with E-state index >= 15 is 0 Å². The summed E-state index contributed by atoms with van der Waals surface area (Å²) in [6.45, 7) is -0.827. The van der Waals surface area contributed by atoms with Crippen molar-refractivity contribution in [2.75, 3.05) is 32.2 Å². The lowest BCUT2D eigenvalue weighted by Crippen LogP contribution is -2.28. The number of amides is 2. The van der Waals surface area contributed by atoms with Crippen molar-refractivity contribution in [3.63, 3.8) is 0 Å². The van der Waals surface area contributed by atoms with Crippen LogP contribution in [0.5, 0.6) is 5.88 Å². The summed E-state index contributed by atoms with van der Waals surface area (Å²) in [5.74, 6) is -1.22. The molecule has 0 aliphatic rings. The second kappa shape index (κ2) is 9.70. The number of alkyl halides is 3. The number of nitrogens with zero attached hydrogens (tertiary/aromatic N) is 1. The lowest BCUT2D eigenvalue weighted by Gasteiger charge is -2.12. The fourth-order valence-electron chi connectivity index (χ4n) is 2.10. The maximum atomic E-state index is 12.4. The number of halogens is 3. The fourth-order valence-corrected chi connectivity index (χ4v) is 2.10. The molecule has 0 fully saturated rings. The van der Waals surface area contributed by atoms with Crippen LogP contribution in [0.2, 0.25) is 0 Å². The average Bonchev–Trinajstić information content (AvgIpc) is 2.66. The van der Waals surface area contributed by atoms with Crippen molar-refractivity contribution in [2.24, 2.45) is 0 Å². The molecule has 0 spiro atoms. The number of rotatable bonds is 8. The smallest absolute Gasteiger partial charge is 0.422 e. The number of hydrogen-bond donors (Lipinski definition) is 2. The van der Waals surface area contributed by atoms with Crippen LogP contribution in [0.25, 0.3) is 0 Å². The van der Waals surface area contributed by atoms with Crippen LogP contribution in [-0.2, 0) is 4.74 Å². The van der Waals surface area contributed by atoms with Gasteiger partial charge in [-0.2, -0.15) is 13.2 Å². The van der Waals surface area contributed by atoms with E-state index in [1.165, 1.54) is 13.2 Å². The molecular formula is C18H18F3N3O4. The van der Waals surface area contributed by atoms with E-state index < -0.39 is 18.7 Å². The van der Waals surface area contributed by atoms with Gasteiger partial charge in [-0.25, -0.2) is 4.98 Å². The highest BCUT2D eigenvalue weighted by Crippen LogP contribution is 2.19. The minimum atomic E-state index is -4.48. The van der Waals surface area contributed by atoms with Crippen molar-refractivity contribution < 1.29 is 32.2 Å². The van der Waals surface area contributed by atoms with Gasteiger partial charge in [-0.15, -0.1) is 0 Å². The van der Waals surface area contributed by atoms with Crippen LogP contribution in [0.1, 0.15) is 20.7 Å². The van der Waals surface area contributed by atoms with Gasteiger partial charge in [0.25, 0.3) is 11.8 Å². The van der Waals surface area contributed by atoms with Crippen molar-refractivity contribution in [3.8, 4) is 5.88 Å². The number of hydrogen-bond acceptors (Lipinski definition) is 5. The molecule has 28 heavy (non-hydrogen) atoms. The monoisotopic (exact) mass is 397 g/mol. The maximum Gasteiger partial charge on any atom is 0.422 e. The topological polar surface area (TPSA) is 89.6 Å². The molecule has 7 nitrogen and oxygen atoms in total. The largest absolute Gasteiger partial charge is 0.468 e. The maximum absolute atomic E-state index is 12.4. The Bertz CT molecular complexity index is 810. The zero-order valence-electron chi connectivity index (χ0n) is 14.9. The first-order valence-corrected chi connectivity index (χ1v) is 8.13. The molecular weight excluding hydrogens is 379 g/mol. The van der Waals surface area contributed by atoms with Gasteiger partial charge in [0.2, 0.25) is 5.88 Å². The van der Waals surface area contributed by atoms with Gasteiger partial charge in [0.05, 0.1) is 23.4 Å². The predicted octanol–water partition coefficient (Wildman–Crippen LogP) is 2.65. The summed E-state index contributed by atoms with van der Waals surface area (Å²) in [7, 11) is 1.51. The number of ether oxygens (including phenoxy) is 2. The van der Waals surface area contributed by atoms with Gasteiger partial charge in [-0.1, -0.05) is 12.1 Å².